The summed E-state index contributed by atoms with van der Waals surface area (Å²) in [4.78, 5) is 0. The molecule has 2 heteroatoms. The second-order valence-corrected chi connectivity index (χ2v) is 4.33. The molecule has 0 spiro atoms. The van der Waals surface area contributed by atoms with Crippen LogP contribution in [0.3, 0.4) is 0 Å². The Labute approximate surface area is 63.8 Å². The first kappa shape index (κ1) is 6.87. The zero-order valence-corrected chi connectivity index (χ0v) is 6.98. The van der Waals surface area contributed by atoms with Crippen molar-refractivity contribution >= 4 is 15.9 Å². The smallest absolute Gasteiger partial charge is 0.0447 e. The van der Waals surface area contributed by atoms with Crippen LogP contribution in [0.15, 0.2) is 23.9 Å². The number of allylic oxidation sites excluding steroid dienone is 3. The highest BCUT2D eigenvalue weighted by Crippen LogP contribution is 2.27. The Morgan fingerprint density at radius 2 is 2.44 bits per heavy atom. The van der Waals surface area contributed by atoms with Gasteiger partial charge in [0.15, 0.2) is 0 Å². The van der Waals surface area contributed by atoms with Crippen molar-refractivity contribution in [3.05, 3.63) is 23.9 Å². The van der Waals surface area contributed by atoms with Gasteiger partial charge in [-0.3, -0.25) is 0 Å². The van der Waals surface area contributed by atoms with Crippen molar-refractivity contribution in [2.45, 2.75) is 17.7 Å². The highest BCUT2D eigenvalue weighted by atomic mass is 79.9. The molecule has 0 aromatic rings. The quantitative estimate of drug-likeness (QED) is 0.577. The Kier molecular flexibility index (Phi) is 1.66. The molecule has 0 aliphatic heterocycles. The first-order valence-corrected chi connectivity index (χ1v) is 3.73. The molecule has 0 amide bonds. The van der Waals surface area contributed by atoms with Crippen LogP contribution in [-0.2, 0) is 0 Å². The number of nitrogens with two attached hydrogens (primary N) is 1. The molecular weight excluding hydrogens is 178 g/mol. The number of alkyl halides is 1. The van der Waals surface area contributed by atoms with E-state index in [9.17, 15) is 0 Å². The van der Waals surface area contributed by atoms with Crippen LogP contribution in [0.25, 0.3) is 0 Å². The molecular formula is C7H10BrN. The van der Waals surface area contributed by atoms with Crippen molar-refractivity contribution in [1.82, 2.24) is 0 Å². The van der Waals surface area contributed by atoms with Crippen LogP contribution in [0.4, 0.5) is 0 Å². The fourth-order valence-corrected chi connectivity index (χ4v) is 1.02. The van der Waals surface area contributed by atoms with E-state index in [1.54, 1.807) is 0 Å². The first-order valence-electron chi connectivity index (χ1n) is 2.94. The molecule has 0 bridgehead atoms. The van der Waals surface area contributed by atoms with Crippen molar-refractivity contribution in [1.29, 1.82) is 0 Å². The summed E-state index contributed by atoms with van der Waals surface area (Å²) < 4.78 is 0.135. The van der Waals surface area contributed by atoms with E-state index in [-0.39, 0.29) is 4.32 Å². The Balaban J connectivity index is 2.70. The Bertz CT molecular complexity index is 168. The fraction of sp³-hybridized carbons (Fsp3) is 0.429. The van der Waals surface area contributed by atoms with Gasteiger partial charge in [0.25, 0.3) is 0 Å². The molecule has 1 atom stereocenters. The summed E-state index contributed by atoms with van der Waals surface area (Å²) in [6.45, 7) is 2.12. The maximum atomic E-state index is 5.51. The van der Waals surface area contributed by atoms with Crippen LogP contribution in [0.2, 0.25) is 0 Å². The Morgan fingerprint density at radius 1 is 1.78 bits per heavy atom. The van der Waals surface area contributed by atoms with E-state index in [0.717, 1.165) is 12.1 Å². The molecule has 2 N–H and O–H groups in total. The van der Waals surface area contributed by atoms with Crippen LogP contribution >= 0.6 is 15.9 Å². The largest absolute Gasteiger partial charge is 0.399 e. The lowest BCUT2D eigenvalue weighted by Crippen LogP contribution is -2.14. The summed E-state index contributed by atoms with van der Waals surface area (Å²) in [7, 11) is 0. The van der Waals surface area contributed by atoms with Gasteiger partial charge in [0, 0.05) is 10.0 Å². The van der Waals surface area contributed by atoms with E-state index in [1.807, 2.05) is 12.2 Å². The van der Waals surface area contributed by atoms with Gasteiger partial charge in [-0.2, -0.15) is 0 Å². The van der Waals surface area contributed by atoms with E-state index in [4.69, 9.17) is 5.73 Å². The summed E-state index contributed by atoms with van der Waals surface area (Å²) in [5, 5.41) is 0. The van der Waals surface area contributed by atoms with Gasteiger partial charge in [-0.1, -0.05) is 28.1 Å². The summed E-state index contributed by atoms with van der Waals surface area (Å²) in [6, 6.07) is 0. The van der Waals surface area contributed by atoms with Gasteiger partial charge in [-0.05, 0) is 19.4 Å². The molecule has 50 valence electrons. The minimum absolute atomic E-state index is 0.135. The van der Waals surface area contributed by atoms with E-state index >= 15 is 0 Å². The highest BCUT2D eigenvalue weighted by Gasteiger charge is 2.16. The van der Waals surface area contributed by atoms with Gasteiger partial charge in [-0.25, -0.2) is 0 Å². The molecule has 0 saturated heterocycles. The topological polar surface area (TPSA) is 26.0 Å². The molecule has 9 heavy (non-hydrogen) atoms. The van der Waals surface area contributed by atoms with Crippen molar-refractivity contribution < 1.29 is 0 Å². The normalized spacial score (nSPS) is 34.2. The SMILES string of the molecule is CC1(Br)C=CC(N)=CC1. The van der Waals surface area contributed by atoms with Gasteiger partial charge in [0.2, 0.25) is 0 Å². The van der Waals surface area contributed by atoms with E-state index < -0.39 is 0 Å². The zero-order chi connectivity index (χ0) is 6.91. The van der Waals surface area contributed by atoms with Crippen LogP contribution in [0.1, 0.15) is 13.3 Å². The van der Waals surface area contributed by atoms with Crippen molar-refractivity contribution in [3.8, 4) is 0 Å². The molecule has 0 heterocycles. The van der Waals surface area contributed by atoms with Crippen molar-refractivity contribution in [2.75, 3.05) is 0 Å². The third-order valence-corrected chi connectivity index (χ3v) is 1.95. The number of hydrogen-bond donors (Lipinski definition) is 1. The van der Waals surface area contributed by atoms with Gasteiger partial charge in [0.1, 0.15) is 0 Å². The third kappa shape index (κ3) is 1.86. The van der Waals surface area contributed by atoms with Crippen LogP contribution in [0, 0.1) is 0 Å². The molecule has 0 radical (unpaired) electrons. The lowest BCUT2D eigenvalue weighted by Gasteiger charge is -2.18. The zero-order valence-electron chi connectivity index (χ0n) is 5.39. The molecule has 1 nitrogen and oxygen atoms in total. The molecule has 0 aromatic heterocycles. The van der Waals surface area contributed by atoms with Crippen LogP contribution in [-0.4, -0.2) is 4.32 Å². The lowest BCUT2D eigenvalue weighted by molar-refractivity contribution is 0.806. The van der Waals surface area contributed by atoms with Gasteiger partial charge < -0.3 is 5.73 Å². The molecule has 0 saturated carbocycles. The average Bonchev–Trinajstić information content (AvgIpc) is 1.78. The summed E-state index contributed by atoms with van der Waals surface area (Å²) >= 11 is 3.53. The molecule has 1 aliphatic carbocycles. The summed E-state index contributed by atoms with van der Waals surface area (Å²) in [5.41, 5.74) is 6.38. The van der Waals surface area contributed by atoms with Gasteiger partial charge in [-0.15, -0.1) is 0 Å². The standard InChI is InChI=1S/C7H10BrN/c1-7(8)4-2-6(9)3-5-7/h2-4H,5,9H2,1H3. The van der Waals surface area contributed by atoms with Crippen LogP contribution in [0.5, 0.6) is 0 Å². The monoisotopic (exact) mass is 187 g/mol. The van der Waals surface area contributed by atoms with Gasteiger partial charge in [0.05, 0.1) is 0 Å². The number of rotatable bonds is 0. The maximum Gasteiger partial charge on any atom is 0.0447 e. The lowest BCUT2D eigenvalue weighted by atomic mass is 10.0. The summed E-state index contributed by atoms with van der Waals surface area (Å²) in [5.74, 6) is 0. The molecule has 1 unspecified atom stereocenters. The number of halogens is 1. The fourth-order valence-electron chi connectivity index (χ4n) is 0.723. The van der Waals surface area contributed by atoms with Crippen molar-refractivity contribution in [2.24, 2.45) is 5.73 Å². The van der Waals surface area contributed by atoms with E-state index in [1.165, 1.54) is 0 Å². The molecule has 0 fully saturated rings. The van der Waals surface area contributed by atoms with Crippen LogP contribution < -0.4 is 5.73 Å². The van der Waals surface area contributed by atoms with Crippen molar-refractivity contribution in [3.63, 3.8) is 0 Å². The molecule has 1 aliphatic rings. The summed E-state index contributed by atoms with van der Waals surface area (Å²) in [6.07, 6.45) is 7.00. The third-order valence-electron chi connectivity index (χ3n) is 1.36. The van der Waals surface area contributed by atoms with E-state index in [2.05, 4.69) is 28.9 Å². The minimum atomic E-state index is 0.135. The average molecular weight is 188 g/mol. The predicted molar refractivity (Wildman–Crippen MR) is 43.4 cm³/mol. The second kappa shape index (κ2) is 2.18. The highest BCUT2D eigenvalue weighted by molar-refractivity contribution is 9.10. The number of hydrogen-bond acceptors (Lipinski definition) is 1. The second-order valence-electron chi connectivity index (χ2n) is 2.52. The first-order chi connectivity index (χ1) is 4.10. The molecule has 1 rings (SSSR count). The minimum Gasteiger partial charge on any atom is -0.399 e. The Morgan fingerprint density at radius 3 is 2.78 bits per heavy atom. The maximum absolute atomic E-state index is 5.51. The molecule has 0 aromatic carbocycles. The van der Waals surface area contributed by atoms with E-state index in [0.29, 0.717) is 0 Å². The predicted octanol–water partition coefficient (Wildman–Crippen LogP) is 1.94. The Hall–Kier alpha value is -0.240. The van der Waals surface area contributed by atoms with Gasteiger partial charge >= 0.3 is 0 Å².